The zero-order valence-corrected chi connectivity index (χ0v) is 11.6. The predicted octanol–water partition coefficient (Wildman–Crippen LogP) is 2.83. The van der Waals surface area contributed by atoms with Crippen molar-refractivity contribution in [3.63, 3.8) is 0 Å². The lowest BCUT2D eigenvalue weighted by molar-refractivity contribution is -0.140. The minimum absolute atomic E-state index is 0.0331. The van der Waals surface area contributed by atoms with Crippen LogP contribution in [-0.4, -0.2) is 23.3 Å². The summed E-state index contributed by atoms with van der Waals surface area (Å²) in [7, 11) is 0. The van der Waals surface area contributed by atoms with Gasteiger partial charge in [0.1, 0.15) is 0 Å². The first-order valence-electron chi connectivity index (χ1n) is 7.33. The summed E-state index contributed by atoms with van der Waals surface area (Å²) >= 11 is 0. The summed E-state index contributed by atoms with van der Waals surface area (Å²) in [6, 6.07) is 0. The topological polar surface area (TPSA) is 37.4 Å². The third-order valence-electron chi connectivity index (χ3n) is 5.10. The first kappa shape index (κ1) is 12.6. The molecule has 19 heavy (non-hydrogen) atoms. The van der Waals surface area contributed by atoms with Crippen LogP contribution in [0, 0.1) is 11.3 Å². The molecule has 0 N–H and O–H groups in total. The molecule has 3 nitrogen and oxygen atoms in total. The van der Waals surface area contributed by atoms with Crippen molar-refractivity contribution >= 4 is 11.8 Å². The highest BCUT2D eigenvalue weighted by Crippen LogP contribution is 2.62. The number of allylic oxidation sites excluding steroid dienone is 1. The Morgan fingerprint density at radius 1 is 1.47 bits per heavy atom. The van der Waals surface area contributed by atoms with Crippen molar-refractivity contribution in [2.24, 2.45) is 11.3 Å². The van der Waals surface area contributed by atoms with E-state index in [1.807, 2.05) is 0 Å². The summed E-state index contributed by atoms with van der Waals surface area (Å²) in [6.07, 6.45) is 8.14. The van der Waals surface area contributed by atoms with Gasteiger partial charge in [-0.05, 0) is 31.1 Å². The van der Waals surface area contributed by atoms with Crippen molar-refractivity contribution in [3.8, 4) is 0 Å². The van der Waals surface area contributed by atoms with Gasteiger partial charge in [-0.3, -0.25) is 14.5 Å². The molecule has 3 rings (SSSR count). The number of likely N-dealkylation sites (tertiary alicyclic amines) is 1. The number of hydrogen-bond acceptors (Lipinski definition) is 2. The Balaban J connectivity index is 1.95. The van der Waals surface area contributed by atoms with Crippen molar-refractivity contribution in [2.45, 2.75) is 45.4 Å². The lowest BCUT2D eigenvalue weighted by Crippen LogP contribution is -2.36. The molecule has 0 spiro atoms. The third kappa shape index (κ3) is 1.57. The summed E-state index contributed by atoms with van der Waals surface area (Å²) in [4.78, 5) is 26.4. The molecular formula is C16H21NO2. The molecule has 0 aromatic rings. The normalized spacial score (nSPS) is 32.5. The molecular weight excluding hydrogens is 238 g/mol. The fourth-order valence-corrected chi connectivity index (χ4v) is 4.24. The molecule has 3 heteroatoms. The molecule has 2 fully saturated rings. The van der Waals surface area contributed by atoms with Crippen LogP contribution in [0.3, 0.4) is 0 Å². The van der Waals surface area contributed by atoms with Crippen molar-refractivity contribution in [1.82, 2.24) is 4.90 Å². The second-order valence-electron chi connectivity index (χ2n) is 6.14. The Hall–Kier alpha value is -1.38. The van der Waals surface area contributed by atoms with Crippen LogP contribution in [0.4, 0.5) is 0 Å². The second-order valence-corrected chi connectivity index (χ2v) is 6.14. The number of fused-ring (bicyclic) bond motifs is 4. The van der Waals surface area contributed by atoms with Gasteiger partial charge in [0.25, 0.3) is 5.91 Å². The van der Waals surface area contributed by atoms with Crippen molar-refractivity contribution in [1.29, 1.82) is 0 Å². The van der Waals surface area contributed by atoms with E-state index >= 15 is 0 Å². The molecule has 2 amide bonds. The first-order valence-corrected chi connectivity index (χ1v) is 7.33. The summed E-state index contributed by atoms with van der Waals surface area (Å²) < 4.78 is 0. The average Bonchev–Trinajstić information content (AvgIpc) is 3.03. The largest absolute Gasteiger partial charge is 0.274 e. The van der Waals surface area contributed by atoms with Gasteiger partial charge in [-0.1, -0.05) is 31.4 Å². The molecule has 1 heterocycles. The van der Waals surface area contributed by atoms with E-state index in [9.17, 15) is 9.59 Å². The highest BCUT2D eigenvalue weighted by Gasteiger charge is 2.61. The first-order chi connectivity index (χ1) is 9.14. The van der Waals surface area contributed by atoms with Gasteiger partial charge in [0.2, 0.25) is 5.91 Å². The molecule has 2 unspecified atom stereocenters. The van der Waals surface area contributed by atoms with Gasteiger partial charge in [-0.2, -0.15) is 0 Å². The molecule has 3 aliphatic rings. The van der Waals surface area contributed by atoms with Crippen LogP contribution < -0.4 is 0 Å². The van der Waals surface area contributed by atoms with Crippen LogP contribution >= 0.6 is 0 Å². The predicted molar refractivity (Wildman–Crippen MR) is 73.2 cm³/mol. The van der Waals surface area contributed by atoms with Crippen molar-refractivity contribution < 1.29 is 9.59 Å². The number of carbonyl (C=O) groups excluding carboxylic acids is 2. The van der Waals surface area contributed by atoms with Gasteiger partial charge >= 0.3 is 0 Å². The molecule has 2 aliphatic carbocycles. The number of imide groups is 1. The number of nitrogens with zero attached hydrogens (tertiary/aromatic N) is 1. The lowest BCUT2D eigenvalue weighted by Gasteiger charge is -2.32. The lowest BCUT2D eigenvalue weighted by atomic mass is 9.70. The zero-order valence-electron chi connectivity index (χ0n) is 11.6. The van der Waals surface area contributed by atoms with Gasteiger partial charge in [0, 0.05) is 12.1 Å². The summed E-state index contributed by atoms with van der Waals surface area (Å²) in [6.45, 7) is 6.18. The van der Waals surface area contributed by atoms with Gasteiger partial charge in [-0.15, -0.1) is 6.58 Å². The number of amides is 2. The van der Waals surface area contributed by atoms with E-state index in [-0.39, 0.29) is 23.1 Å². The molecule has 0 aromatic heterocycles. The van der Waals surface area contributed by atoms with E-state index in [0.29, 0.717) is 6.54 Å². The van der Waals surface area contributed by atoms with E-state index in [2.05, 4.69) is 13.5 Å². The van der Waals surface area contributed by atoms with Gasteiger partial charge in [-0.25, -0.2) is 0 Å². The van der Waals surface area contributed by atoms with Gasteiger partial charge in [0.15, 0.2) is 0 Å². The van der Waals surface area contributed by atoms with Crippen LogP contribution in [0.5, 0.6) is 0 Å². The highest BCUT2D eigenvalue weighted by molar-refractivity contribution is 6.16. The fourth-order valence-electron chi connectivity index (χ4n) is 4.24. The Labute approximate surface area is 114 Å². The molecule has 2 atom stereocenters. The van der Waals surface area contributed by atoms with Crippen LogP contribution in [0.25, 0.3) is 0 Å². The van der Waals surface area contributed by atoms with E-state index < -0.39 is 0 Å². The van der Waals surface area contributed by atoms with Crippen LogP contribution in [-0.2, 0) is 9.59 Å². The third-order valence-corrected chi connectivity index (χ3v) is 5.10. The Bertz CT molecular complexity index is 491. The number of rotatable bonds is 5. The van der Waals surface area contributed by atoms with E-state index in [1.54, 1.807) is 6.08 Å². The minimum Gasteiger partial charge on any atom is -0.274 e. The maximum atomic E-state index is 12.6. The summed E-state index contributed by atoms with van der Waals surface area (Å²) in [5.41, 5.74) is 2.20. The smallest absolute Gasteiger partial charge is 0.257 e. The molecule has 2 bridgehead atoms. The van der Waals surface area contributed by atoms with Crippen molar-refractivity contribution in [3.05, 3.63) is 23.8 Å². The molecule has 1 saturated heterocycles. The van der Waals surface area contributed by atoms with E-state index in [0.717, 1.165) is 44.1 Å². The molecule has 1 saturated carbocycles. The second kappa shape index (κ2) is 4.32. The van der Waals surface area contributed by atoms with Crippen LogP contribution in [0.15, 0.2) is 23.8 Å². The van der Waals surface area contributed by atoms with Gasteiger partial charge in [0.05, 0.1) is 5.92 Å². The maximum absolute atomic E-state index is 12.6. The standard InChI is InChI=1S/C16H21NO2/c1-3-5-7-16-8-6-11(10-16)12-13(16)15(19)17(9-4-2)14(12)18/h4,13H,2-3,5-10H2,1H3. The number of unbranched alkanes of at least 4 members (excludes halogenated alkanes) is 1. The van der Waals surface area contributed by atoms with E-state index in [4.69, 9.17) is 0 Å². The average molecular weight is 259 g/mol. The number of hydrogen-bond donors (Lipinski definition) is 0. The monoisotopic (exact) mass is 259 g/mol. The SMILES string of the molecule is C=CCN1C(=O)C2=C3CCC(CCCC)(C3)C2C1=O. The Morgan fingerprint density at radius 2 is 2.26 bits per heavy atom. The minimum atomic E-state index is -0.129. The summed E-state index contributed by atoms with van der Waals surface area (Å²) in [5.74, 6) is -0.135. The van der Waals surface area contributed by atoms with Crippen molar-refractivity contribution in [2.75, 3.05) is 6.54 Å². The maximum Gasteiger partial charge on any atom is 0.257 e. The fraction of sp³-hybridized carbons (Fsp3) is 0.625. The zero-order chi connectivity index (χ0) is 13.6. The Morgan fingerprint density at radius 3 is 2.95 bits per heavy atom. The summed E-state index contributed by atoms with van der Waals surface area (Å²) in [5, 5.41) is 0. The van der Waals surface area contributed by atoms with Gasteiger partial charge < -0.3 is 0 Å². The quantitative estimate of drug-likeness (QED) is 0.562. The molecule has 0 radical (unpaired) electrons. The Kier molecular flexibility index (Phi) is 2.88. The molecule has 0 aromatic carbocycles. The van der Waals surface area contributed by atoms with Crippen LogP contribution in [0.1, 0.15) is 45.4 Å². The number of carbonyl (C=O) groups is 2. The molecule has 1 aliphatic heterocycles. The van der Waals surface area contributed by atoms with E-state index in [1.165, 1.54) is 10.5 Å². The molecule has 102 valence electrons. The highest BCUT2D eigenvalue weighted by atomic mass is 16.2. The van der Waals surface area contributed by atoms with Crippen LogP contribution in [0.2, 0.25) is 0 Å².